The normalized spacial score (nSPS) is 17.1. The molecule has 0 saturated heterocycles. The van der Waals surface area contributed by atoms with E-state index in [0.29, 0.717) is 11.3 Å². The summed E-state index contributed by atoms with van der Waals surface area (Å²) in [6.07, 6.45) is 10.3. The van der Waals surface area contributed by atoms with Crippen LogP contribution in [0.15, 0.2) is 47.4 Å². The Morgan fingerprint density at radius 1 is 0.974 bits per heavy atom. The summed E-state index contributed by atoms with van der Waals surface area (Å²) in [5.41, 5.74) is 5.29. The molecular formula is C31H41NO5S. The van der Waals surface area contributed by atoms with Crippen molar-refractivity contribution >= 4 is 18.0 Å². The van der Waals surface area contributed by atoms with E-state index >= 15 is 0 Å². The van der Waals surface area contributed by atoms with Gasteiger partial charge >= 0.3 is 5.97 Å². The molecule has 0 radical (unpaired) electrons. The molecule has 1 atom stereocenters. The highest BCUT2D eigenvalue weighted by molar-refractivity contribution is 7.99. The molecule has 0 aromatic heterocycles. The SMILES string of the molecule is CC.CC.COC(=O)c1cc2c(cc1OC)CCN1Cc3c(ccc(OC)c3OSC3=CCCC=C3)CC21. The minimum absolute atomic E-state index is 0.184. The molecule has 206 valence electrons. The molecule has 0 bridgehead atoms. The topological polar surface area (TPSA) is 57.2 Å². The minimum Gasteiger partial charge on any atom is -0.496 e. The molecule has 2 aromatic carbocycles. The van der Waals surface area contributed by atoms with Crippen LogP contribution >= 0.6 is 12.0 Å². The van der Waals surface area contributed by atoms with E-state index < -0.39 is 0 Å². The van der Waals surface area contributed by atoms with E-state index in [0.717, 1.165) is 55.2 Å². The molecule has 1 aliphatic carbocycles. The summed E-state index contributed by atoms with van der Waals surface area (Å²) >= 11 is 1.39. The zero-order valence-electron chi connectivity index (χ0n) is 23.8. The number of carbonyl (C=O) groups excluding carboxylic acids is 1. The van der Waals surface area contributed by atoms with Gasteiger partial charge in [0, 0.05) is 29.6 Å². The molecule has 0 amide bonds. The first-order valence-corrected chi connectivity index (χ1v) is 14.3. The van der Waals surface area contributed by atoms with Gasteiger partial charge in [-0.25, -0.2) is 4.79 Å². The number of ether oxygens (including phenoxy) is 3. The number of benzene rings is 2. The maximum Gasteiger partial charge on any atom is 0.341 e. The first-order chi connectivity index (χ1) is 18.6. The molecule has 0 saturated carbocycles. The van der Waals surface area contributed by atoms with Crippen molar-refractivity contribution < 1.29 is 23.2 Å². The Balaban J connectivity index is 0.000000956. The van der Waals surface area contributed by atoms with Crippen molar-refractivity contribution in [2.24, 2.45) is 0 Å². The average molecular weight is 540 g/mol. The van der Waals surface area contributed by atoms with Crippen LogP contribution in [0.4, 0.5) is 0 Å². The molecular weight excluding hydrogens is 498 g/mol. The number of esters is 1. The first-order valence-electron chi connectivity index (χ1n) is 13.6. The van der Waals surface area contributed by atoms with E-state index in [1.165, 1.54) is 41.4 Å². The maximum atomic E-state index is 12.4. The molecule has 3 aliphatic rings. The zero-order valence-corrected chi connectivity index (χ0v) is 24.6. The fourth-order valence-corrected chi connectivity index (χ4v) is 5.76. The molecule has 6 nitrogen and oxygen atoms in total. The summed E-state index contributed by atoms with van der Waals surface area (Å²) in [7, 11) is 4.67. The highest BCUT2D eigenvalue weighted by Crippen LogP contribution is 2.46. The van der Waals surface area contributed by atoms with Gasteiger partial charge < -0.3 is 18.4 Å². The number of fused-ring (bicyclic) bond motifs is 4. The predicted octanol–water partition coefficient (Wildman–Crippen LogP) is 7.46. The number of hydrogen-bond acceptors (Lipinski definition) is 7. The summed E-state index contributed by atoms with van der Waals surface area (Å²) < 4.78 is 22.4. The summed E-state index contributed by atoms with van der Waals surface area (Å²) in [5, 5.41) is 0. The Morgan fingerprint density at radius 2 is 1.74 bits per heavy atom. The smallest absolute Gasteiger partial charge is 0.341 e. The van der Waals surface area contributed by atoms with Crippen LogP contribution < -0.4 is 13.7 Å². The third-order valence-electron chi connectivity index (χ3n) is 6.83. The molecule has 0 spiro atoms. The largest absolute Gasteiger partial charge is 0.496 e. The number of allylic oxidation sites excluding steroid dienone is 3. The Labute approximate surface area is 232 Å². The number of carbonyl (C=O) groups is 1. The molecule has 1 unspecified atom stereocenters. The monoisotopic (exact) mass is 539 g/mol. The lowest BCUT2D eigenvalue weighted by atomic mass is 9.83. The molecule has 2 heterocycles. The highest BCUT2D eigenvalue weighted by Gasteiger charge is 2.35. The van der Waals surface area contributed by atoms with E-state index in [4.69, 9.17) is 18.4 Å². The van der Waals surface area contributed by atoms with Crippen LogP contribution in [0.25, 0.3) is 0 Å². The second kappa shape index (κ2) is 14.3. The van der Waals surface area contributed by atoms with E-state index in [1.807, 2.05) is 45.9 Å². The minimum atomic E-state index is -0.378. The molecule has 2 aromatic rings. The molecule has 2 aliphatic heterocycles. The van der Waals surface area contributed by atoms with E-state index in [-0.39, 0.29) is 12.0 Å². The quantitative estimate of drug-likeness (QED) is 0.279. The second-order valence-electron chi connectivity index (χ2n) is 8.67. The van der Waals surface area contributed by atoms with Crippen molar-refractivity contribution in [1.29, 1.82) is 0 Å². The Hall–Kier alpha value is -2.90. The Kier molecular flexibility index (Phi) is 11.2. The number of methoxy groups -OCH3 is 3. The molecule has 7 heteroatoms. The van der Waals surface area contributed by atoms with Gasteiger partial charge in [0.15, 0.2) is 11.5 Å². The third kappa shape index (κ3) is 6.21. The van der Waals surface area contributed by atoms with Gasteiger partial charge in [-0.15, -0.1) is 0 Å². The van der Waals surface area contributed by atoms with E-state index in [1.54, 1.807) is 14.2 Å². The lowest BCUT2D eigenvalue weighted by molar-refractivity contribution is 0.0596. The van der Waals surface area contributed by atoms with Gasteiger partial charge in [-0.3, -0.25) is 4.90 Å². The van der Waals surface area contributed by atoms with Crippen LogP contribution in [-0.4, -0.2) is 38.7 Å². The van der Waals surface area contributed by atoms with E-state index in [9.17, 15) is 4.79 Å². The fraction of sp³-hybridized carbons (Fsp3) is 0.452. The number of hydrogen-bond donors (Lipinski definition) is 0. The lowest BCUT2D eigenvalue weighted by Gasteiger charge is -2.42. The van der Waals surface area contributed by atoms with Crippen molar-refractivity contribution in [2.75, 3.05) is 27.9 Å². The van der Waals surface area contributed by atoms with Gasteiger partial charge in [0.1, 0.15) is 11.3 Å². The lowest BCUT2D eigenvalue weighted by Crippen LogP contribution is -2.39. The Morgan fingerprint density at radius 3 is 2.39 bits per heavy atom. The number of nitrogens with zero attached hydrogens (tertiary/aromatic N) is 1. The van der Waals surface area contributed by atoms with Gasteiger partial charge in [0.05, 0.1) is 33.4 Å². The van der Waals surface area contributed by atoms with Crippen molar-refractivity contribution in [2.45, 2.75) is 66.0 Å². The van der Waals surface area contributed by atoms with Gasteiger partial charge in [-0.2, -0.15) is 0 Å². The van der Waals surface area contributed by atoms with Gasteiger partial charge in [-0.1, -0.05) is 45.9 Å². The summed E-state index contributed by atoms with van der Waals surface area (Å²) in [4.78, 5) is 16.0. The van der Waals surface area contributed by atoms with Crippen LogP contribution in [0.2, 0.25) is 0 Å². The third-order valence-corrected chi connectivity index (χ3v) is 7.58. The molecule has 38 heavy (non-hydrogen) atoms. The standard InChI is InChI=1S/C27H29NO5S.2C2H6/c1-30-24-10-9-17-13-23-20-15-21(27(29)32-3)25(31-2)14-18(20)11-12-28(23)16-22(17)26(24)33-34-19-7-5-4-6-8-19;2*1-2/h5,7-10,14-15,23H,4,6,11-13,16H2,1-3H3;2*1-2H3. The Bertz CT molecular complexity index is 1170. The maximum absolute atomic E-state index is 12.4. The summed E-state index contributed by atoms with van der Waals surface area (Å²) in [6.45, 7) is 9.69. The van der Waals surface area contributed by atoms with Crippen LogP contribution in [-0.2, 0) is 24.1 Å². The van der Waals surface area contributed by atoms with Crippen molar-refractivity contribution in [1.82, 2.24) is 4.90 Å². The van der Waals surface area contributed by atoms with Crippen LogP contribution in [0, 0.1) is 0 Å². The van der Waals surface area contributed by atoms with Crippen LogP contribution in [0.5, 0.6) is 17.2 Å². The van der Waals surface area contributed by atoms with Gasteiger partial charge in [0.25, 0.3) is 0 Å². The first kappa shape index (κ1) is 29.7. The van der Waals surface area contributed by atoms with Gasteiger partial charge in [-0.05, 0) is 66.6 Å². The highest BCUT2D eigenvalue weighted by atomic mass is 32.2. The van der Waals surface area contributed by atoms with Crippen molar-refractivity contribution in [3.8, 4) is 17.2 Å². The number of rotatable bonds is 6. The summed E-state index contributed by atoms with van der Waals surface area (Å²) in [6, 6.07) is 8.28. The fourth-order valence-electron chi connectivity index (χ4n) is 5.06. The average Bonchev–Trinajstić information content (AvgIpc) is 3.00. The van der Waals surface area contributed by atoms with E-state index in [2.05, 4.69) is 29.2 Å². The van der Waals surface area contributed by atoms with Crippen LogP contribution in [0.3, 0.4) is 0 Å². The van der Waals surface area contributed by atoms with Crippen molar-refractivity contribution in [3.63, 3.8) is 0 Å². The zero-order chi connectivity index (χ0) is 27.7. The van der Waals surface area contributed by atoms with Crippen LogP contribution in [0.1, 0.15) is 79.2 Å². The van der Waals surface area contributed by atoms with Crippen molar-refractivity contribution in [3.05, 3.63) is 75.2 Å². The van der Waals surface area contributed by atoms with Gasteiger partial charge in [0.2, 0.25) is 0 Å². The molecule has 0 N–H and O–H groups in total. The predicted molar refractivity (Wildman–Crippen MR) is 155 cm³/mol. The summed E-state index contributed by atoms with van der Waals surface area (Å²) in [5.74, 6) is 1.74. The molecule has 0 fully saturated rings. The second-order valence-corrected chi connectivity index (χ2v) is 9.48. The molecule has 5 rings (SSSR count).